The molecular formula is C21H29N3O4S. The van der Waals surface area contributed by atoms with E-state index in [0.717, 1.165) is 12.0 Å². The molecule has 1 amide bonds. The van der Waals surface area contributed by atoms with E-state index < -0.39 is 26.7 Å². The third-order valence-corrected chi connectivity index (χ3v) is 6.53. The second-order valence-corrected chi connectivity index (χ2v) is 11.1. The molecule has 0 bridgehead atoms. The molecule has 0 N–H and O–H groups in total. The van der Waals surface area contributed by atoms with Crippen LogP contribution in [0.5, 0.6) is 0 Å². The number of hydrogen-bond donors (Lipinski definition) is 0. The third-order valence-electron chi connectivity index (χ3n) is 5.21. The van der Waals surface area contributed by atoms with Crippen molar-refractivity contribution in [1.82, 2.24) is 15.1 Å². The predicted octanol–water partition coefficient (Wildman–Crippen LogP) is 3.31. The molecular weight excluding hydrogens is 390 g/mol. The van der Waals surface area contributed by atoms with Gasteiger partial charge in [0.15, 0.2) is 0 Å². The molecule has 7 nitrogen and oxygen atoms in total. The average Bonchev–Trinajstić information content (AvgIpc) is 3.11. The van der Waals surface area contributed by atoms with Crippen molar-refractivity contribution in [3.05, 3.63) is 29.8 Å². The zero-order valence-corrected chi connectivity index (χ0v) is 18.5. The summed E-state index contributed by atoms with van der Waals surface area (Å²) < 4.78 is 30.7. The van der Waals surface area contributed by atoms with Crippen molar-refractivity contribution in [3.63, 3.8) is 0 Å². The van der Waals surface area contributed by atoms with Crippen molar-refractivity contribution >= 4 is 15.7 Å². The molecule has 2 aromatic rings. The molecule has 3 rings (SSSR count). The first-order valence-corrected chi connectivity index (χ1v) is 11.6. The lowest BCUT2D eigenvalue weighted by Gasteiger charge is -2.34. The number of carbonyl (C=O) groups is 1. The molecule has 29 heavy (non-hydrogen) atoms. The Balaban J connectivity index is 1.74. The van der Waals surface area contributed by atoms with Crippen LogP contribution in [0.1, 0.15) is 46.6 Å². The number of amides is 1. The number of benzene rings is 1. The van der Waals surface area contributed by atoms with Gasteiger partial charge in [-0.1, -0.05) is 51.9 Å². The summed E-state index contributed by atoms with van der Waals surface area (Å²) in [5.74, 6) is -0.237. The highest BCUT2D eigenvalue weighted by atomic mass is 32.2. The van der Waals surface area contributed by atoms with Crippen molar-refractivity contribution < 1.29 is 17.6 Å². The Morgan fingerprint density at radius 2 is 1.69 bits per heavy atom. The monoisotopic (exact) mass is 419 g/mol. The quantitative estimate of drug-likeness (QED) is 0.755. The van der Waals surface area contributed by atoms with Gasteiger partial charge in [-0.2, -0.15) is 0 Å². The van der Waals surface area contributed by atoms with E-state index in [-0.39, 0.29) is 11.3 Å². The summed E-state index contributed by atoms with van der Waals surface area (Å²) in [4.78, 5) is 14.2. The van der Waals surface area contributed by atoms with Gasteiger partial charge in [0.1, 0.15) is 5.75 Å². The van der Waals surface area contributed by atoms with E-state index in [1.54, 1.807) is 4.90 Å². The zero-order valence-electron chi connectivity index (χ0n) is 17.7. The maximum Gasteiger partial charge on any atom is 0.336 e. The minimum Gasteiger partial charge on any atom is -0.408 e. The molecule has 2 heterocycles. The van der Waals surface area contributed by atoms with Crippen LogP contribution in [0.4, 0.5) is 0 Å². The molecule has 1 aromatic heterocycles. The summed E-state index contributed by atoms with van der Waals surface area (Å²) in [6, 6.07) is 7.56. The van der Waals surface area contributed by atoms with Gasteiger partial charge in [-0.05, 0) is 41.4 Å². The van der Waals surface area contributed by atoms with Crippen molar-refractivity contribution in [2.75, 3.05) is 18.8 Å². The first-order valence-electron chi connectivity index (χ1n) is 9.90. The number of carbonyl (C=O) groups excluding carboxylic acids is 1. The Bertz CT molecular complexity index is 964. The van der Waals surface area contributed by atoms with Crippen LogP contribution in [-0.4, -0.2) is 48.3 Å². The standard InChI is InChI=1S/C21H29N3O4S/c1-14-10-15(2)12-24(11-14)18(25)13-29(26,27)20-23-22-19(28-20)16-6-8-17(9-7-16)21(3,4)5/h6-9,14-15H,10-13H2,1-5H3. The number of hydrogen-bond acceptors (Lipinski definition) is 6. The molecule has 0 spiro atoms. The van der Waals surface area contributed by atoms with Gasteiger partial charge in [-0.15, -0.1) is 5.10 Å². The molecule has 158 valence electrons. The number of sulfone groups is 1. The van der Waals surface area contributed by atoms with E-state index in [2.05, 4.69) is 44.8 Å². The van der Waals surface area contributed by atoms with Crippen LogP contribution in [0.2, 0.25) is 0 Å². The van der Waals surface area contributed by atoms with Crippen molar-refractivity contribution in [3.8, 4) is 11.5 Å². The molecule has 1 aliphatic heterocycles. The molecule has 0 radical (unpaired) electrons. The number of likely N-dealkylation sites (tertiary alicyclic amines) is 1. The van der Waals surface area contributed by atoms with Gasteiger partial charge in [0.25, 0.3) is 0 Å². The van der Waals surface area contributed by atoms with E-state index in [0.29, 0.717) is 30.5 Å². The first kappa shape index (κ1) is 21.5. The first-order chi connectivity index (χ1) is 13.5. The topological polar surface area (TPSA) is 93.4 Å². The molecule has 2 atom stereocenters. The van der Waals surface area contributed by atoms with Crippen LogP contribution < -0.4 is 0 Å². The van der Waals surface area contributed by atoms with Crippen molar-refractivity contribution in [2.24, 2.45) is 11.8 Å². The van der Waals surface area contributed by atoms with E-state index in [1.807, 2.05) is 24.3 Å². The minimum atomic E-state index is -3.99. The average molecular weight is 420 g/mol. The van der Waals surface area contributed by atoms with E-state index in [9.17, 15) is 13.2 Å². The minimum absolute atomic E-state index is 0.00564. The van der Waals surface area contributed by atoms with Crippen LogP contribution in [0, 0.1) is 11.8 Å². The van der Waals surface area contributed by atoms with Gasteiger partial charge < -0.3 is 9.32 Å². The van der Waals surface area contributed by atoms with E-state index in [4.69, 9.17) is 4.42 Å². The fourth-order valence-electron chi connectivity index (χ4n) is 3.75. The number of aromatic nitrogens is 2. The van der Waals surface area contributed by atoms with Crippen LogP contribution in [0.3, 0.4) is 0 Å². The Kier molecular flexibility index (Phi) is 5.85. The molecule has 1 aromatic carbocycles. The van der Waals surface area contributed by atoms with Crippen LogP contribution >= 0.6 is 0 Å². The van der Waals surface area contributed by atoms with Crippen molar-refractivity contribution in [2.45, 2.75) is 51.7 Å². The second kappa shape index (κ2) is 7.89. The summed E-state index contributed by atoms with van der Waals surface area (Å²) >= 11 is 0. The van der Waals surface area contributed by atoms with Gasteiger partial charge in [0.05, 0.1) is 0 Å². The summed E-state index contributed by atoms with van der Waals surface area (Å²) in [5.41, 5.74) is 1.78. The van der Waals surface area contributed by atoms with Gasteiger partial charge in [-0.25, -0.2) is 8.42 Å². The largest absolute Gasteiger partial charge is 0.408 e. The Hall–Kier alpha value is -2.22. The highest BCUT2D eigenvalue weighted by Gasteiger charge is 2.32. The van der Waals surface area contributed by atoms with Crippen LogP contribution in [0.25, 0.3) is 11.5 Å². The fraction of sp³-hybridized carbons (Fsp3) is 0.571. The van der Waals surface area contributed by atoms with Gasteiger partial charge in [-0.3, -0.25) is 4.79 Å². The molecule has 8 heteroatoms. The van der Waals surface area contributed by atoms with Crippen LogP contribution in [0.15, 0.2) is 33.9 Å². The fourth-order valence-corrected chi connectivity index (χ4v) is 4.75. The zero-order chi connectivity index (χ0) is 21.4. The summed E-state index contributed by atoms with van der Waals surface area (Å²) in [5, 5.41) is 7.04. The predicted molar refractivity (Wildman–Crippen MR) is 110 cm³/mol. The number of rotatable bonds is 4. The smallest absolute Gasteiger partial charge is 0.336 e. The SMILES string of the molecule is CC1CC(C)CN(C(=O)CS(=O)(=O)c2nnc(-c3ccc(C(C)(C)C)cc3)o2)C1. The third kappa shape index (κ3) is 5.04. The maximum atomic E-state index is 12.6. The second-order valence-electron chi connectivity index (χ2n) is 9.20. The molecule has 1 saturated heterocycles. The van der Waals surface area contributed by atoms with Gasteiger partial charge in [0.2, 0.25) is 21.6 Å². The number of nitrogens with zero attached hydrogens (tertiary/aromatic N) is 3. The number of piperidine rings is 1. The van der Waals surface area contributed by atoms with Gasteiger partial charge in [0, 0.05) is 18.7 Å². The molecule has 2 unspecified atom stereocenters. The lowest BCUT2D eigenvalue weighted by Crippen LogP contribution is -2.44. The molecule has 1 aliphatic rings. The Labute approximate surface area is 172 Å². The van der Waals surface area contributed by atoms with Gasteiger partial charge >= 0.3 is 5.22 Å². The van der Waals surface area contributed by atoms with E-state index >= 15 is 0 Å². The molecule has 0 aliphatic carbocycles. The molecule has 0 saturated carbocycles. The summed E-state index contributed by atoms with van der Waals surface area (Å²) in [6.07, 6.45) is 1.04. The molecule has 1 fully saturated rings. The normalized spacial score (nSPS) is 20.7. The highest BCUT2D eigenvalue weighted by molar-refractivity contribution is 7.91. The highest BCUT2D eigenvalue weighted by Crippen LogP contribution is 2.27. The van der Waals surface area contributed by atoms with Crippen molar-refractivity contribution in [1.29, 1.82) is 0 Å². The Morgan fingerprint density at radius 1 is 1.10 bits per heavy atom. The lowest BCUT2D eigenvalue weighted by atomic mass is 9.87. The Morgan fingerprint density at radius 3 is 2.24 bits per heavy atom. The van der Waals surface area contributed by atoms with E-state index in [1.165, 1.54) is 0 Å². The van der Waals surface area contributed by atoms with Crippen LogP contribution in [-0.2, 0) is 20.0 Å². The lowest BCUT2D eigenvalue weighted by molar-refractivity contribution is -0.131. The maximum absolute atomic E-state index is 12.6. The summed E-state index contributed by atoms with van der Waals surface area (Å²) in [6.45, 7) is 11.6. The summed E-state index contributed by atoms with van der Waals surface area (Å²) in [7, 11) is -3.99.